The van der Waals surface area contributed by atoms with Gasteiger partial charge < -0.3 is 14.9 Å². The molecule has 1 aliphatic heterocycles. The molecule has 0 radical (unpaired) electrons. The lowest BCUT2D eigenvalue weighted by atomic mass is 9.89. The Balaban J connectivity index is 0.000000347. The first-order chi connectivity index (χ1) is 10.1. The Morgan fingerprint density at radius 3 is 1.52 bits per heavy atom. The number of hydrogen-bond acceptors (Lipinski definition) is 3. The van der Waals surface area contributed by atoms with Crippen molar-refractivity contribution in [1.29, 1.82) is 0 Å². The Labute approximate surface area is 125 Å². The van der Waals surface area contributed by atoms with Crippen LogP contribution in [0.1, 0.15) is 37.3 Å². The lowest BCUT2D eigenvalue weighted by Gasteiger charge is -2.16. The van der Waals surface area contributed by atoms with E-state index in [1.54, 1.807) is 24.3 Å². The number of phenols is 2. The van der Waals surface area contributed by atoms with Crippen LogP contribution in [0, 0.1) is 0 Å². The quantitative estimate of drug-likeness (QED) is 0.837. The SMILES string of the molecule is CC1CO1.CCC(c1ccc(O)cc1)c1ccc(O)cc1. The fourth-order valence-corrected chi connectivity index (χ4v) is 2.17. The van der Waals surface area contributed by atoms with Crippen molar-refractivity contribution in [2.24, 2.45) is 0 Å². The third-order valence-electron chi connectivity index (χ3n) is 3.50. The second-order valence-corrected chi connectivity index (χ2v) is 5.29. The zero-order chi connectivity index (χ0) is 15.2. The van der Waals surface area contributed by atoms with Gasteiger partial charge in [-0.15, -0.1) is 0 Å². The molecule has 112 valence electrons. The van der Waals surface area contributed by atoms with Gasteiger partial charge in [0.05, 0.1) is 12.7 Å². The minimum Gasteiger partial charge on any atom is -0.508 e. The van der Waals surface area contributed by atoms with E-state index in [0.29, 0.717) is 12.0 Å². The van der Waals surface area contributed by atoms with E-state index < -0.39 is 0 Å². The van der Waals surface area contributed by atoms with Crippen LogP contribution in [0.4, 0.5) is 0 Å². The molecule has 0 saturated carbocycles. The van der Waals surface area contributed by atoms with Crippen molar-refractivity contribution in [3.63, 3.8) is 0 Å². The van der Waals surface area contributed by atoms with E-state index in [0.717, 1.165) is 13.0 Å². The molecule has 0 aromatic heterocycles. The number of phenolic OH excluding ortho intramolecular Hbond substituents is 2. The summed E-state index contributed by atoms with van der Waals surface area (Å²) in [6.45, 7) is 5.17. The van der Waals surface area contributed by atoms with Gasteiger partial charge in [0.1, 0.15) is 11.5 Å². The standard InChI is InChI=1S/C15H16O2.C3H6O/c1-2-15(11-3-7-13(16)8-4-11)12-5-9-14(17)10-6-12;1-3-2-4-3/h3-10,15-17H,2H2,1H3;3H,2H2,1H3. The molecule has 2 aromatic rings. The maximum Gasteiger partial charge on any atom is 0.115 e. The van der Waals surface area contributed by atoms with E-state index in [1.165, 1.54) is 11.1 Å². The smallest absolute Gasteiger partial charge is 0.115 e. The molecule has 1 unspecified atom stereocenters. The van der Waals surface area contributed by atoms with Gasteiger partial charge in [-0.1, -0.05) is 31.2 Å². The first kappa shape index (κ1) is 15.4. The molecule has 3 heteroatoms. The highest BCUT2D eigenvalue weighted by atomic mass is 16.6. The number of rotatable bonds is 3. The van der Waals surface area contributed by atoms with Crippen LogP contribution in [-0.2, 0) is 4.74 Å². The molecule has 0 spiro atoms. The fraction of sp³-hybridized carbons (Fsp3) is 0.333. The maximum atomic E-state index is 9.29. The summed E-state index contributed by atoms with van der Waals surface area (Å²) in [6.07, 6.45) is 1.57. The molecule has 1 heterocycles. The molecule has 1 aliphatic rings. The van der Waals surface area contributed by atoms with Crippen LogP contribution in [0.25, 0.3) is 0 Å². The van der Waals surface area contributed by atoms with E-state index in [9.17, 15) is 10.2 Å². The zero-order valence-corrected chi connectivity index (χ0v) is 12.5. The van der Waals surface area contributed by atoms with E-state index in [2.05, 4.69) is 13.8 Å². The Morgan fingerprint density at radius 2 is 1.29 bits per heavy atom. The van der Waals surface area contributed by atoms with Gasteiger partial charge in [0, 0.05) is 5.92 Å². The van der Waals surface area contributed by atoms with Gasteiger partial charge in [-0.25, -0.2) is 0 Å². The largest absolute Gasteiger partial charge is 0.508 e. The molecule has 0 amide bonds. The molecular formula is C18H22O3. The number of benzene rings is 2. The summed E-state index contributed by atoms with van der Waals surface area (Å²) < 4.78 is 4.71. The minimum atomic E-state index is 0.286. The third-order valence-corrected chi connectivity index (χ3v) is 3.50. The monoisotopic (exact) mass is 286 g/mol. The second-order valence-electron chi connectivity index (χ2n) is 5.29. The van der Waals surface area contributed by atoms with E-state index in [4.69, 9.17) is 4.74 Å². The van der Waals surface area contributed by atoms with Gasteiger partial charge in [0.2, 0.25) is 0 Å². The highest BCUT2D eigenvalue weighted by molar-refractivity contribution is 5.37. The molecule has 1 saturated heterocycles. The van der Waals surface area contributed by atoms with E-state index in [-0.39, 0.29) is 11.5 Å². The van der Waals surface area contributed by atoms with Crippen molar-refractivity contribution >= 4 is 0 Å². The van der Waals surface area contributed by atoms with Crippen molar-refractivity contribution in [2.75, 3.05) is 6.61 Å². The minimum absolute atomic E-state index is 0.286. The van der Waals surface area contributed by atoms with Gasteiger partial charge in [-0.3, -0.25) is 0 Å². The summed E-state index contributed by atoms with van der Waals surface area (Å²) in [5, 5.41) is 18.6. The summed E-state index contributed by atoms with van der Waals surface area (Å²) in [6, 6.07) is 14.6. The predicted octanol–water partition coefficient (Wildman–Crippen LogP) is 4.04. The topological polar surface area (TPSA) is 53.0 Å². The zero-order valence-electron chi connectivity index (χ0n) is 12.5. The number of aromatic hydroxyl groups is 2. The molecule has 0 bridgehead atoms. The van der Waals surface area contributed by atoms with Gasteiger partial charge >= 0.3 is 0 Å². The van der Waals surface area contributed by atoms with Crippen molar-refractivity contribution in [3.8, 4) is 11.5 Å². The molecule has 1 fully saturated rings. The lowest BCUT2D eigenvalue weighted by Crippen LogP contribution is -1.98. The van der Waals surface area contributed by atoms with Crippen molar-refractivity contribution in [3.05, 3.63) is 59.7 Å². The van der Waals surface area contributed by atoms with Crippen LogP contribution in [0.3, 0.4) is 0 Å². The van der Waals surface area contributed by atoms with Crippen molar-refractivity contribution in [1.82, 2.24) is 0 Å². The Morgan fingerprint density at radius 1 is 0.952 bits per heavy atom. The second kappa shape index (κ2) is 7.14. The average Bonchev–Trinajstić information content (AvgIpc) is 3.27. The Hall–Kier alpha value is -2.00. The van der Waals surface area contributed by atoms with Crippen LogP contribution < -0.4 is 0 Å². The maximum absolute atomic E-state index is 9.29. The summed E-state index contributed by atoms with van der Waals surface area (Å²) in [5.74, 6) is 0.875. The van der Waals surface area contributed by atoms with Gasteiger partial charge in [-0.05, 0) is 48.7 Å². The molecule has 2 N–H and O–H groups in total. The van der Waals surface area contributed by atoms with Crippen LogP contribution >= 0.6 is 0 Å². The van der Waals surface area contributed by atoms with Crippen LogP contribution in [0.15, 0.2) is 48.5 Å². The molecular weight excluding hydrogens is 264 g/mol. The fourth-order valence-electron chi connectivity index (χ4n) is 2.17. The molecule has 0 aliphatic carbocycles. The van der Waals surface area contributed by atoms with Crippen molar-refractivity contribution in [2.45, 2.75) is 32.3 Å². The van der Waals surface area contributed by atoms with E-state index >= 15 is 0 Å². The Bertz CT molecular complexity index is 496. The van der Waals surface area contributed by atoms with Gasteiger partial charge in [0.25, 0.3) is 0 Å². The third kappa shape index (κ3) is 4.80. The number of ether oxygens (including phenoxy) is 1. The summed E-state index contributed by atoms with van der Waals surface area (Å²) in [4.78, 5) is 0. The highest BCUT2D eigenvalue weighted by Crippen LogP contribution is 2.29. The summed E-state index contributed by atoms with van der Waals surface area (Å²) in [7, 11) is 0. The molecule has 3 rings (SSSR count). The molecule has 2 aromatic carbocycles. The van der Waals surface area contributed by atoms with Gasteiger partial charge in [-0.2, -0.15) is 0 Å². The number of epoxide rings is 1. The summed E-state index contributed by atoms with van der Waals surface area (Å²) >= 11 is 0. The van der Waals surface area contributed by atoms with Crippen LogP contribution in [0.2, 0.25) is 0 Å². The molecule has 1 atom stereocenters. The predicted molar refractivity (Wildman–Crippen MR) is 83.8 cm³/mol. The first-order valence-corrected chi connectivity index (χ1v) is 7.29. The average molecular weight is 286 g/mol. The normalized spacial score (nSPS) is 16.2. The van der Waals surface area contributed by atoms with Crippen LogP contribution in [-0.4, -0.2) is 22.9 Å². The summed E-state index contributed by atoms with van der Waals surface area (Å²) in [5.41, 5.74) is 2.35. The lowest BCUT2D eigenvalue weighted by molar-refractivity contribution is 0.423. The Kier molecular flexibility index (Phi) is 5.23. The van der Waals surface area contributed by atoms with Gasteiger partial charge in [0.15, 0.2) is 0 Å². The first-order valence-electron chi connectivity index (χ1n) is 7.29. The number of hydrogen-bond donors (Lipinski definition) is 2. The molecule has 3 nitrogen and oxygen atoms in total. The highest BCUT2D eigenvalue weighted by Gasteiger charge is 2.13. The van der Waals surface area contributed by atoms with Crippen LogP contribution in [0.5, 0.6) is 11.5 Å². The van der Waals surface area contributed by atoms with E-state index in [1.807, 2.05) is 24.3 Å². The van der Waals surface area contributed by atoms with Crippen molar-refractivity contribution < 1.29 is 14.9 Å². The molecule has 21 heavy (non-hydrogen) atoms.